The van der Waals surface area contributed by atoms with E-state index in [4.69, 9.17) is 4.74 Å². The van der Waals surface area contributed by atoms with Gasteiger partial charge in [0, 0.05) is 25.3 Å². The van der Waals surface area contributed by atoms with E-state index in [0.717, 1.165) is 11.1 Å². The summed E-state index contributed by atoms with van der Waals surface area (Å²) < 4.78 is 27.8. The minimum absolute atomic E-state index is 0.279. The van der Waals surface area contributed by atoms with Gasteiger partial charge in [-0.25, -0.2) is 8.42 Å². The van der Waals surface area contributed by atoms with Crippen molar-refractivity contribution >= 4 is 15.8 Å². The summed E-state index contributed by atoms with van der Waals surface area (Å²) in [6.07, 6.45) is 0.691. The van der Waals surface area contributed by atoms with Crippen LogP contribution in [0.1, 0.15) is 24.3 Å². The Kier molecular flexibility index (Phi) is 2.92. The monoisotopic (exact) mass is 255 g/mol. The van der Waals surface area contributed by atoms with Crippen LogP contribution in [0.2, 0.25) is 0 Å². The topological polar surface area (TPSA) is 72.5 Å². The Morgan fingerprint density at radius 1 is 1.47 bits per heavy atom. The van der Waals surface area contributed by atoms with Crippen LogP contribution in [0, 0.1) is 0 Å². The van der Waals surface area contributed by atoms with E-state index < -0.39 is 16.1 Å². The van der Waals surface area contributed by atoms with Crippen LogP contribution in [0.4, 0.5) is 0 Å². The summed E-state index contributed by atoms with van der Waals surface area (Å²) >= 11 is 0. The molecule has 0 amide bonds. The molecule has 0 saturated heterocycles. The fraction of sp³-hybridized carbons (Fsp3) is 0.364. The van der Waals surface area contributed by atoms with Gasteiger partial charge in [-0.1, -0.05) is 6.07 Å². The van der Waals surface area contributed by atoms with E-state index in [1.807, 2.05) is 0 Å². The quantitative estimate of drug-likeness (QED) is 0.790. The molecule has 1 unspecified atom stereocenters. The van der Waals surface area contributed by atoms with Crippen molar-refractivity contribution in [3.05, 3.63) is 29.3 Å². The van der Waals surface area contributed by atoms with Crippen molar-refractivity contribution in [1.29, 1.82) is 0 Å². The third kappa shape index (κ3) is 2.48. The lowest BCUT2D eigenvalue weighted by atomic mass is 10.1. The summed E-state index contributed by atoms with van der Waals surface area (Å²) in [4.78, 5) is 11.2. The minimum atomic E-state index is -3.20. The molecular formula is C11H13NO4S. The molecule has 5 nitrogen and oxygen atoms in total. The maximum atomic E-state index is 11.4. The first-order chi connectivity index (χ1) is 7.88. The first-order valence-corrected chi connectivity index (χ1v) is 7.00. The van der Waals surface area contributed by atoms with Crippen LogP contribution in [-0.2, 0) is 25.9 Å². The third-order valence-corrected chi connectivity index (χ3v) is 3.70. The van der Waals surface area contributed by atoms with Gasteiger partial charge in [0.1, 0.15) is 0 Å². The Bertz CT molecular complexity index is 565. The molecule has 1 aliphatic rings. The zero-order chi connectivity index (χ0) is 12.6. The van der Waals surface area contributed by atoms with Gasteiger partial charge in [-0.15, -0.1) is 0 Å². The molecule has 1 atom stereocenters. The molecular weight excluding hydrogens is 242 g/mol. The van der Waals surface area contributed by atoms with E-state index in [-0.39, 0.29) is 10.9 Å². The van der Waals surface area contributed by atoms with Crippen LogP contribution in [0.5, 0.6) is 0 Å². The molecule has 6 heteroatoms. The average molecular weight is 255 g/mol. The van der Waals surface area contributed by atoms with Gasteiger partial charge in [-0.05, 0) is 17.7 Å². The predicted molar refractivity (Wildman–Crippen MR) is 60.9 cm³/mol. The number of rotatable bonds is 2. The van der Waals surface area contributed by atoms with Crippen LogP contribution in [0.25, 0.3) is 0 Å². The highest BCUT2D eigenvalue weighted by molar-refractivity contribution is 7.90. The van der Waals surface area contributed by atoms with Crippen molar-refractivity contribution in [3.8, 4) is 0 Å². The molecule has 0 fully saturated rings. The van der Waals surface area contributed by atoms with Gasteiger partial charge in [0.05, 0.1) is 4.90 Å². The smallest absolute Gasteiger partial charge is 0.304 e. The summed E-state index contributed by atoms with van der Waals surface area (Å²) in [6.45, 7) is 1.83. The van der Waals surface area contributed by atoms with E-state index in [1.165, 1.54) is 19.2 Å². The van der Waals surface area contributed by atoms with Crippen molar-refractivity contribution in [2.75, 3.05) is 6.26 Å². The zero-order valence-electron chi connectivity index (χ0n) is 9.56. The van der Waals surface area contributed by atoms with Gasteiger partial charge in [0.15, 0.2) is 16.1 Å². The minimum Gasteiger partial charge on any atom is -0.442 e. The number of hydrogen-bond acceptors (Lipinski definition) is 5. The van der Waals surface area contributed by atoms with Crippen molar-refractivity contribution in [2.24, 2.45) is 0 Å². The summed E-state index contributed by atoms with van der Waals surface area (Å²) in [5.41, 5.74) is 1.66. The lowest BCUT2D eigenvalue weighted by Gasteiger charge is -2.11. The van der Waals surface area contributed by atoms with Gasteiger partial charge in [0.25, 0.3) is 0 Å². The van der Waals surface area contributed by atoms with E-state index in [0.29, 0.717) is 6.54 Å². The van der Waals surface area contributed by atoms with Crippen LogP contribution < -0.4 is 5.32 Å². The standard InChI is InChI=1S/C11H13NO4S/c1-7(13)16-11-10-4-3-9(17(2,14)15)5-8(10)6-12-11/h3-5,11-12H,6H2,1-2H3. The number of ether oxygens (including phenoxy) is 1. The Balaban J connectivity index is 2.35. The van der Waals surface area contributed by atoms with Gasteiger partial charge in [-0.2, -0.15) is 0 Å². The fourth-order valence-electron chi connectivity index (χ4n) is 1.81. The maximum Gasteiger partial charge on any atom is 0.304 e. The molecule has 0 radical (unpaired) electrons. The number of carbonyl (C=O) groups is 1. The van der Waals surface area contributed by atoms with Crippen molar-refractivity contribution < 1.29 is 17.9 Å². The van der Waals surface area contributed by atoms with Crippen molar-refractivity contribution in [2.45, 2.75) is 24.6 Å². The van der Waals surface area contributed by atoms with E-state index >= 15 is 0 Å². The molecule has 2 rings (SSSR count). The SMILES string of the molecule is CC(=O)OC1NCc2cc(S(C)(=O)=O)ccc21. The van der Waals surface area contributed by atoms with E-state index in [9.17, 15) is 13.2 Å². The largest absolute Gasteiger partial charge is 0.442 e. The van der Waals surface area contributed by atoms with Crippen LogP contribution in [0.15, 0.2) is 23.1 Å². The number of fused-ring (bicyclic) bond motifs is 1. The second-order valence-corrected chi connectivity index (χ2v) is 6.02. The zero-order valence-corrected chi connectivity index (χ0v) is 10.4. The van der Waals surface area contributed by atoms with Gasteiger partial charge < -0.3 is 4.74 Å². The maximum absolute atomic E-state index is 11.4. The van der Waals surface area contributed by atoms with Crippen LogP contribution in [0.3, 0.4) is 0 Å². The summed E-state index contributed by atoms with van der Waals surface area (Å²) in [5.74, 6) is -0.373. The van der Waals surface area contributed by atoms with Gasteiger partial charge >= 0.3 is 5.97 Å². The average Bonchev–Trinajstić information content (AvgIpc) is 2.59. The highest BCUT2D eigenvalue weighted by Gasteiger charge is 2.25. The Hall–Kier alpha value is -1.40. The summed E-state index contributed by atoms with van der Waals surface area (Å²) in [5, 5.41) is 2.99. The predicted octanol–water partition coefficient (Wildman–Crippen LogP) is 0.755. The van der Waals surface area contributed by atoms with E-state index in [2.05, 4.69) is 5.32 Å². The second-order valence-electron chi connectivity index (χ2n) is 4.00. The number of esters is 1. The van der Waals surface area contributed by atoms with Crippen LogP contribution >= 0.6 is 0 Å². The van der Waals surface area contributed by atoms with E-state index in [1.54, 1.807) is 12.1 Å². The molecule has 1 N–H and O–H groups in total. The van der Waals surface area contributed by atoms with Crippen molar-refractivity contribution in [1.82, 2.24) is 5.32 Å². The Morgan fingerprint density at radius 2 is 2.18 bits per heavy atom. The number of hydrogen-bond donors (Lipinski definition) is 1. The second kappa shape index (κ2) is 4.12. The lowest BCUT2D eigenvalue weighted by molar-refractivity contribution is -0.147. The third-order valence-electron chi connectivity index (χ3n) is 2.59. The molecule has 0 spiro atoms. The molecule has 0 aliphatic carbocycles. The first-order valence-electron chi connectivity index (χ1n) is 5.11. The lowest BCUT2D eigenvalue weighted by Crippen LogP contribution is -2.17. The fourth-order valence-corrected chi connectivity index (χ4v) is 2.48. The van der Waals surface area contributed by atoms with Gasteiger partial charge in [0.2, 0.25) is 0 Å². The Labute approximate surface area is 99.7 Å². The molecule has 1 aromatic rings. The van der Waals surface area contributed by atoms with Gasteiger partial charge in [-0.3, -0.25) is 10.1 Å². The molecule has 0 aromatic heterocycles. The number of nitrogens with one attached hydrogen (secondary N) is 1. The molecule has 92 valence electrons. The molecule has 1 aliphatic heterocycles. The highest BCUT2D eigenvalue weighted by Crippen LogP contribution is 2.28. The molecule has 1 heterocycles. The molecule has 0 bridgehead atoms. The number of sulfone groups is 1. The highest BCUT2D eigenvalue weighted by atomic mass is 32.2. The Morgan fingerprint density at radius 3 is 2.76 bits per heavy atom. The molecule has 17 heavy (non-hydrogen) atoms. The molecule has 0 saturated carbocycles. The normalized spacial score (nSPS) is 18.8. The van der Waals surface area contributed by atoms with Crippen molar-refractivity contribution in [3.63, 3.8) is 0 Å². The summed E-state index contributed by atoms with van der Waals surface area (Å²) in [7, 11) is -3.20. The summed E-state index contributed by atoms with van der Waals surface area (Å²) in [6, 6.07) is 4.82. The number of benzene rings is 1. The number of carbonyl (C=O) groups excluding carboxylic acids is 1. The first kappa shape index (κ1) is 12.1. The van der Waals surface area contributed by atoms with Crippen LogP contribution in [-0.4, -0.2) is 20.6 Å². The molecule has 1 aromatic carbocycles.